The van der Waals surface area contributed by atoms with Crippen LogP contribution >= 0.6 is 0 Å². The highest BCUT2D eigenvalue weighted by Crippen LogP contribution is 2.70. The second-order valence-corrected chi connectivity index (χ2v) is 12.2. The topological polar surface area (TPSA) is 0 Å². The van der Waals surface area contributed by atoms with Crippen LogP contribution < -0.4 is 0 Å². The Morgan fingerprint density at radius 3 is 1.48 bits per heavy atom. The molecule has 0 aromatic heterocycles. The van der Waals surface area contributed by atoms with Crippen LogP contribution in [0.15, 0.2) is 0 Å². The molecule has 0 nitrogen and oxygen atoms in total. The lowest BCUT2D eigenvalue weighted by molar-refractivity contribution is -0.108. The normalized spacial score (nSPS) is 50.4. The molecule has 0 spiro atoms. The molecular formula is C24H43B. The molecule has 0 aromatic rings. The predicted molar refractivity (Wildman–Crippen MR) is 111 cm³/mol. The van der Waals surface area contributed by atoms with Crippen LogP contribution in [0, 0.1) is 46.3 Å². The van der Waals surface area contributed by atoms with E-state index in [1.54, 1.807) is 12.8 Å². The predicted octanol–water partition coefficient (Wildman–Crippen LogP) is 7.43. The zero-order valence-electron chi connectivity index (χ0n) is 18.3. The Balaban J connectivity index is 1.58. The fraction of sp³-hybridized carbons (Fsp3) is 1.00. The van der Waals surface area contributed by atoms with Crippen LogP contribution in [0.1, 0.15) is 87.5 Å². The van der Waals surface area contributed by atoms with Crippen LogP contribution in [0.4, 0.5) is 0 Å². The molecule has 6 saturated carbocycles. The molecule has 0 amide bonds. The first-order valence-corrected chi connectivity index (χ1v) is 11.6. The minimum Gasteiger partial charge on any atom is -0.0691 e. The van der Waals surface area contributed by atoms with Crippen LogP contribution in [-0.2, 0) is 0 Å². The van der Waals surface area contributed by atoms with Crippen LogP contribution in [0.3, 0.4) is 0 Å². The molecule has 6 aliphatic carbocycles. The van der Waals surface area contributed by atoms with Gasteiger partial charge in [0.1, 0.15) is 6.71 Å². The van der Waals surface area contributed by atoms with E-state index in [1.165, 1.54) is 19.3 Å². The van der Waals surface area contributed by atoms with Gasteiger partial charge in [0.2, 0.25) is 0 Å². The second-order valence-electron chi connectivity index (χ2n) is 12.2. The van der Waals surface area contributed by atoms with E-state index in [4.69, 9.17) is 0 Å². The van der Waals surface area contributed by atoms with Gasteiger partial charge in [-0.15, -0.1) is 0 Å². The van der Waals surface area contributed by atoms with Crippen molar-refractivity contribution in [2.45, 2.75) is 105 Å². The molecule has 6 aliphatic rings. The van der Waals surface area contributed by atoms with Crippen molar-refractivity contribution < 1.29 is 0 Å². The molecular weight excluding hydrogens is 299 g/mol. The Hall–Kier alpha value is 0.0649. The molecule has 0 radical (unpaired) electrons. The highest BCUT2D eigenvalue weighted by molar-refractivity contribution is 6.63. The van der Waals surface area contributed by atoms with E-state index in [1.807, 2.05) is 0 Å². The van der Waals surface area contributed by atoms with Gasteiger partial charge in [-0.05, 0) is 59.2 Å². The lowest BCUT2D eigenvalue weighted by Gasteiger charge is -2.67. The molecule has 25 heavy (non-hydrogen) atoms. The van der Waals surface area contributed by atoms with E-state index in [0.29, 0.717) is 10.8 Å². The van der Waals surface area contributed by atoms with Crippen molar-refractivity contribution in [2.75, 3.05) is 0 Å². The lowest BCUT2D eigenvalue weighted by Crippen LogP contribution is -2.60. The number of hydrogen-bond donors (Lipinski definition) is 0. The molecule has 6 fully saturated rings. The molecule has 0 aromatic carbocycles. The fourth-order valence-corrected chi connectivity index (χ4v) is 8.83. The van der Waals surface area contributed by atoms with Crippen molar-refractivity contribution >= 4 is 6.71 Å². The van der Waals surface area contributed by atoms with E-state index in [-0.39, 0.29) is 0 Å². The van der Waals surface area contributed by atoms with Crippen molar-refractivity contribution in [2.24, 2.45) is 46.3 Å². The number of rotatable bonds is 4. The Labute approximate surface area is 158 Å². The van der Waals surface area contributed by atoms with Gasteiger partial charge < -0.3 is 0 Å². The van der Waals surface area contributed by atoms with Crippen molar-refractivity contribution in [3.63, 3.8) is 0 Å². The zero-order chi connectivity index (χ0) is 18.3. The third-order valence-corrected chi connectivity index (χ3v) is 11.1. The average Bonchev–Trinajstić information content (AvgIpc) is 2.56. The average molecular weight is 342 g/mol. The Morgan fingerprint density at radius 2 is 1.20 bits per heavy atom. The van der Waals surface area contributed by atoms with E-state index in [2.05, 4.69) is 55.4 Å². The third-order valence-electron chi connectivity index (χ3n) is 11.1. The summed E-state index contributed by atoms with van der Waals surface area (Å²) in [6, 6.07) is 0. The molecule has 1 heteroatoms. The molecule has 6 rings (SSSR count). The summed E-state index contributed by atoms with van der Waals surface area (Å²) in [4.78, 5) is 0. The second kappa shape index (κ2) is 5.78. The summed E-state index contributed by atoms with van der Waals surface area (Å²) in [6.07, 6.45) is 7.55. The summed E-state index contributed by atoms with van der Waals surface area (Å²) in [6.45, 7) is 21.6. The van der Waals surface area contributed by atoms with Gasteiger partial charge in [-0.25, -0.2) is 0 Å². The number of hydrogen-bond acceptors (Lipinski definition) is 0. The maximum absolute atomic E-state index is 2.64. The van der Waals surface area contributed by atoms with Crippen molar-refractivity contribution in [1.29, 1.82) is 0 Å². The van der Waals surface area contributed by atoms with E-state index in [9.17, 15) is 0 Å². The summed E-state index contributed by atoms with van der Waals surface area (Å²) in [5.41, 5.74) is 1.27. The number of fused-ring (bicyclic) bond motifs is 4. The standard InChI is InChI=1S/C24H43B/c1-9-14(2)25(21-12-17-10-19(15(21)3)23(17,5)6)22-13-18-11-20(16(22)4)24(18,7)8/h14-22H,9-13H2,1-8H3. The summed E-state index contributed by atoms with van der Waals surface area (Å²) >= 11 is 0. The first-order valence-electron chi connectivity index (χ1n) is 11.6. The lowest BCUT2D eigenvalue weighted by atomic mass is 9.18. The van der Waals surface area contributed by atoms with Gasteiger partial charge in [-0.3, -0.25) is 0 Å². The molecule has 9 atom stereocenters. The summed E-state index contributed by atoms with van der Waals surface area (Å²) in [5.74, 6) is 8.92. The van der Waals surface area contributed by atoms with Gasteiger partial charge in [0.15, 0.2) is 0 Å². The van der Waals surface area contributed by atoms with Crippen LogP contribution in [0.25, 0.3) is 0 Å². The highest BCUT2D eigenvalue weighted by Gasteiger charge is 2.62. The molecule has 0 N–H and O–H groups in total. The summed E-state index contributed by atoms with van der Waals surface area (Å²) in [7, 11) is 0. The Bertz CT molecular complexity index is 478. The van der Waals surface area contributed by atoms with Gasteiger partial charge in [-0.2, -0.15) is 0 Å². The third kappa shape index (κ3) is 2.39. The minimum absolute atomic E-state index is 0.637. The zero-order valence-corrected chi connectivity index (χ0v) is 18.3. The minimum atomic E-state index is 0.637. The first kappa shape index (κ1) is 18.4. The molecule has 9 unspecified atom stereocenters. The fourth-order valence-electron chi connectivity index (χ4n) is 8.83. The Kier molecular flexibility index (Phi) is 4.26. The smallest absolute Gasteiger partial charge is 0.0691 e. The monoisotopic (exact) mass is 342 g/mol. The van der Waals surface area contributed by atoms with Crippen molar-refractivity contribution in [3.05, 3.63) is 0 Å². The van der Waals surface area contributed by atoms with Gasteiger partial charge >= 0.3 is 0 Å². The largest absolute Gasteiger partial charge is 0.149 e. The van der Waals surface area contributed by atoms with Crippen molar-refractivity contribution in [1.82, 2.24) is 0 Å². The van der Waals surface area contributed by atoms with Crippen LogP contribution in [0.5, 0.6) is 0 Å². The maximum atomic E-state index is 2.64. The summed E-state index contributed by atoms with van der Waals surface area (Å²) < 4.78 is 0. The SMILES string of the molecule is CCC(C)B(C1CC2CC(C1C)C2(C)C)C1CC2CC(C1C)C2(C)C. The highest BCUT2D eigenvalue weighted by atomic mass is 14.6. The van der Waals surface area contributed by atoms with Gasteiger partial charge in [0.25, 0.3) is 0 Å². The molecule has 0 heterocycles. The van der Waals surface area contributed by atoms with Gasteiger partial charge in [0, 0.05) is 0 Å². The van der Waals surface area contributed by atoms with Gasteiger partial charge in [-0.1, -0.05) is 92.1 Å². The molecule has 142 valence electrons. The first-order chi connectivity index (χ1) is 11.6. The Morgan fingerprint density at radius 1 is 0.800 bits per heavy atom. The maximum Gasteiger partial charge on any atom is 0.149 e. The molecule has 0 saturated heterocycles. The quantitative estimate of drug-likeness (QED) is 0.466. The molecule has 4 bridgehead atoms. The van der Waals surface area contributed by atoms with E-state index >= 15 is 0 Å². The summed E-state index contributed by atoms with van der Waals surface area (Å²) in [5, 5.41) is 0. The van der Waals surface area contributed by atoms with Crippen molar-refractivity contribution in [3.8, 4) is 0 Å². The van der Waals surface area contributed by atoms with Crippen LogP contribution in [0.2, 0.25) is 17.5 Å². The van der Waals surface area contributed by atoms with E-state index in [0.717, 1.165) is 59.7 Å². The van der Waals surface area contributed by atoms with Crippen LogP contribution in [-0.4, -0.2) is 6.71 Å². The van der Waals surface area contributed by atoms with E-state index < -0.39 is 0 Å². The molecule has 0 aliphatic heterocycles. The van der Waals surface area contributed by atoms with Gasteiger partial charge in [0.05, 0.1) is 0 Å².